The van der Waals surface area contributed by atoms with Crippen molar-refractivity contribution in [2.45, 2.75) is 39.9 Å². The number of carbonyl (C=O) groups excluding carboxylic acids is 1. The monoisotopic (exact) mass is 330 g/mol. The van der Waals surface area contributed by atoms with Crippen LogP contribution in [0, 0.1) is 0 Å². The zero-order valence-corrected chi connectivity index (χ0v) is 13.2. The summed E-state index contributed by atoms with van der Waals surface area (Å²) < 4.78 is 11.1. The van der Waals surface area contributed by atoms with E-state index in [9.17, 15) is 9.90 Å². The van der Waals surface area contributed by atoms with Gasteiger partial charge in [-0.2, -0.15) is 0 Å². The summed E-state index contributed by atoms with van der Waals surface area (Å²) in [4.78, 5) is 12.2. The number of phenolic OH excluding ortho intramolecular Hbond substituents is 1. The molecular weight excluding hydrogens is 312 g/mol. The molecule has 0 amide bonds. The molecule has 0 spiro atoms. The van der Waals surface area contributed by atoms with Crippen LogP contribution >= 0.6 is 15.9 Å². The van der Waals surface area contributed by atoms with Crippen LogP contribution in [-0.2, 0) is 16.1 Å². The summed E-state index contributed by atoms with van der Waals surface area (Å²) in [6.45, 7) is 7.99. The molecule has 4 nitrogen and oxygen atoms in total. The van der Waals surface area contributed by atoms with Crippen molar-refractivity contribution in [3.8, 4) is 5.75 Å². The second-order valence-electron chi connectivity index (χ2n) is 5.07. The Bertz CT molecular complexity index is 463. The van der Waals surface area contributed by atoms with E-state index in [4.69, 9.17) is 9.47 Å². The van der Waals surface area contributed by atoms with Crippen LogP contribution in [0.2, 0.25) is 0 Å². The quantitative estimate of drug-likeness (QED) is 0.856. The van der Waals surface area contributed by atoms with Crippen molar-refractivity contribution in [1.29, 1.82) is 0 Å². The minimum Gasteiger partial charge on any atom is -0.506 e. The fraction of sp³-hybridized carbons (Fsp3) is 0.500. The molecule has 1 aromatic carbocycles. The lowest BCUT2D eigenvalue weighted by Gasteiger charge is -2.21. The molecule has 0 atom stereocenters. The summed E-state index contributed by atoms with van der Waals surface area (Å²) in [6, 6.07) is 3.41. The number of phenols is 1. The summed E-state index contributed by atoms with van der Waals surface area (Å²) >= 11 is 3.20. The van der Waals surface area contributed by atoms with Gasteiger partial charge in [0.1, 0.15) is 16.9 Å². The number of hydrogen-bond acceptors (Lipinski definition) is 4. The Balaban J connectivity index is 3.14. The molecule has 0 fully saturated rings. The van der Waals surface area contributed by atoms with Gasteiger partial charge in [-0.15, -0.1) is 0 Å². The van der Waals surface area contributed by atoms with Crippen LogP contribution in [0.1, 0.15) is 43.6 Å². The highest BCUT2D eigenvalue weighted by molar-refractivity contribution is 9.10. The lowest BCUT2D eigenvalue weighted by molar-refractivity contribution is 0.00618. The molecule has 0 unspecified atom stereocenters. The molecule has 19 heavy (non-hydrogen) atoms. The van der Waals surface area contributed by atoms with Crippen LogP contribution in [0.3, 0.4) is 0 Å². The molecule has 0 aliphatic heterocycles. The van der Waals surface area contributed by atoms with E-state index in [1.165, 1.54) is 0 Å². The molecule has 1 rings (SSSR count). The highest BCUT2D eigenvalue weighted by Crippen LogP contribution is 2.32. The predicted octanol–water partition coefficient (Wildman–Crippen LogP) is 3.65. The Morgan fingerprint density at radius 1 is 1.37 bits per heavy atom. The second-order valence-corrected chi connectivity index (χ2v) is 5.92. The standard InChI is InChI=1S/C14H19BrO4/c1-5-18-8-9-6-7-10(15)12(16)11(9)13(17)19-14(2,3)4/h6-7,16H,5,8H2,1-4H3. The van der Waals surface area contributed by atoms with Gasteiger partial charge in [-0.1, -0.05) is 6.07 Å². The van der Waals surface area contributed by atoms with E-state index < -0.39 is 11.6 Å². The normalized spacial score (nSPS) is 11.4. The van der Waals surface area contributed by atoms with Gasteiger partial charge in [-0.25, -0.2) is 4.79 Å². The molecule has 0 bridgehead atoms. The van der Waals surface area contributed by atoms with Crippen LogP contribution in [-0.4, -0.2) is 23.3 Å². The SMILES string of the molecule is CCOCc1ccc(Br)c(O)c1C(=O)OC(C)(C)C. The van der Waals surface area contributed by atoms with Gasteiger partial charge in [0, 0.05) is 6.61 Å². The highest BCUT2D eigenvalue weighted by atomic mass is 79.9. The molecule has 0 aliphatic carbocycles. The van der Waals surface area contributed by atoms with E-state index in [0.717, 1.165) is 0 Å². The average molecular weight is 331 g/mol. The molecule has 1 aromatic rings. The zero-order valence-electron chi connectivity index (χ0n) is 11.6. The first-order chi connectivity index (χ1) is 8.76. The van der Waals surface area contributed by atoms with Crippen molar-refractivity contribution >= 4 is 21.9 Å². The minimum absolute atomic E-state index is 0.119. The highest BCUT2D eigenvalue weighted by Gasteiger charge is 2.24. The van der Waals surface area contributed by atoms with E-state index in [0.29, 0.717) is 16.6 Å². The van der Waals surface area contributed by atoms with E-state index in [1.54, 1.807) is 32.9 Å². The average Bonchev–Trinajstić information content (AvgIpc) is 2.28. The first-order valence-electron chi connectivity index (χ1n) is 6.07. The number of rotatable bonds is 4. The lowest BCUT2D eigenvalue weighted by Crippen LogP contribution is -2.24. The maximum atomic E-state index is 12.2. The van der Waals surface area contributed by atoms with Gasteiger partial charge in [-0.3, -0.25) is 0 Å². The number of halogens is 1. The Morgan fingerprint density at radius 2 is 2.00 bits per heavy atom. The summed E-state index contributed by atoms with van der Waals surface area (Å²) in [7, 11) is 0. The van der Waals surface area contributed by atoms with Crippen LogP contribution in [0.15, 0.2) is 16.6 Å². The molecule has 1 N–H and O–H groups in total. The maximum absolute atomic E-state index is 12.2. The maximum Gasteiger partial charge on any atom is 0.342 e. The zero-order chi connectivity index (χ0) is 14.6. The van der Waals surface area contributed by atoms with Crippen LogP contribution in [0.4, 0.5) is 0 Å². The summed E-state index contributed by atoms with van der Waals surface area (Å²) in [5.74, 6) is -0.674. The number of hydrogen-bond donors (Lipinski definition) is 1. The lowest BCUT2D eigenvalue weighted by atomic mass is 10.1. The number of carbonyl (C=O) groups is 1. The minimum atomic E-state index is -0.616. The Hall–Kier alpha value is -1.07. The van der Waals surface area contributed by atoms with Crippen molar-refractivity contribution < 1.29 is 19.4 Å². The number of ether oxygens (including phenoxy) is 2. The number of esters is 1. The smallest absolute Gasteiger partial charge is 0.342 e. The Labute approximate surface area is 121 Å². The molecule has 0 radical (unpaired) electrons. The fourth-order valence-corrected chi connectivity index (χ4v) is 1.83. The van der Waals surface area contributed by atoms with Gasteiger partial charge >= 0.3 is 5.97 Å². The Morgan fingerprint density at radius 3 is 2.53 bits per heavy atom. The third kappa shape index (κ3) is 4.51. The number of aromatic hydroxyl groups is 1. The van der Waals surface area contributed by atoms with Crippen LogP contribution in [0.5, 0.6) is 5.75 Å². The van der Waals surface area contributed by atoms with E-state index in [2.05, 4.69) is 15.9 Å². The van der Waals surface area contributed by atoms with Crippen molar-refractivity contribution in [2.75, 3.05) is 6.61 Å². The molecule has 0 saturated heterocycles. The summed E-state index contributed by atoms with van der Waals surface area (Å²) in [6.07, 6.45) is 0. The Kier molecular flexibility index (Phi) is 5.38. The third-order valence-corrected chi connectivity index (χ3v) is 2.92. The summed E-state index contributed by atoms with van der Waals surface area (Å²) in [5.41, 5.74) is 0.142. The van der Waals surface area contributed by atoms with Crippen LogP contribution in [0.25, 0.3) is 0 Å². The van der Waals surface area contributed by atoms with Gasteiger partial charge in [-0.05, 0) is 55.3 Å². The topological polar surface area (TPSA) is 55.8 Å². The molecule has 0 aromatic heterocycles. The van der Waals surface area contributed by atoms with Gasteiger partial charge in [0.2, 0.25) is 0 Å². The molecule has 5 heteroatoms. The molecule has 0 aliphatic rings. The second kappa shape index (κ2) is 6.39. The van der Waals surface area contributed by atoms with Crippen molar-refractivity contribution in [3.63, 3.8) is 0 Å². The largest absolute Gasteiger partial charge is 0.506 e. The molecule has 106 valence electrons. The van der Waals surface area contributed by atoms with Gasteiger partial charge in [0.05, 0.1) is 11.1 Å². The van der Waals surface area contributed by atoms with Gasteiger partial charge < -0.3 is 14.6 Å². The van der Waals surface area contributed by atoms with E-state index in [1.807, 2.05) is 6.92 Å². The van der Waals surface area contributed by atoms with E-state index >= 15 is 0 Å². The van der Waals surface area contributed by atoms with Gasteiger partial charge in [0.15, 0.2) is 0 Å². The first-order valence-corrected chi connectivity index (χ1v) is 6.87. The van der Waals surface area contributed by atoms with E-state index in [-0.39, 0.29) is 17.9 Å². The van der Waals surface area contributed by atoms with Crippen molar-refractivity contribution in [1.82, 2.24) is 0 Å². The van der Waals surface area contributed by atoms with Crippen molar-refractivity contribution in [3.05, 3.63) is 27.7 Å². The third-order valence-electron chi connectivity index (χ3n) is 2.28. The molecule has 0 saturated carbocycles. The van der Waals surface area contributed by atoms with Gasteiger partial charge in [0.25, 0.3) is 0 Å². The predicted molar refractivity (Wildman–Crippen MR) is 76.3 cm³/mol. The summed E-state index contributed by atoms with van der Waals surface area (Å²) in [5, 5.41) is 10.0. The molecular formula is C14H19BrO4. The van der Waals surface area contributed by atoms with Crippen molar-refractivity contribution in [2.24, 2.45) is 0 Å². The first kappa shape index (κ1) is 16.0. The number of benzene rings is 1. The van der Waals surface area contributed by atoms with Crippen LogP contribution < -0.4 is 0 Å². The fourth-order valence-electron chi connectivity index (χ4n) is 1.50. The molecule has 0 heterocycles.